The maximum Gasteiger partial charge on any atom is 0.313 e. The summed E-state index contributed by atoms with van der Waals surface area (Å²) >= 11 is 1.07. The van der Waals surface area contributed by atoms with Crippen LogP contribution in [0.2, 0.25) is 0 Å². The third-order valence-electron chi connectivity index (χ3n) is 3.31. The summed E-state index contributed by atoms with van der Waals surface area (Å²) in [6.45, 7) is 3.39. The van der Waals surface area contributed by atoms with Crippen molar-refractivity contribution in [3.8, 4) is 0 Å². The minimum absolute atomic E-state index is 0.0432. The molecule has 1 fully saturated rings. The van der Waals surface area contributed by atoms with Crippen molar-refractivity contribution in [1.82, 2.24) is 19.7 Å². The number of hydrogen-bond donors (Lipinski definition) is 1. The number of carboxylic acids is 1. The van der Waals surface area contributed by atoms with E-state index in [-0.39, 0.29) is 11.7 Å². The number of carboxylic acid groups (broad SMARTS) is 1. The van der Waals surface area contributed by atoms with Crippen LogP contribution < -0.4 is 0 Å². The molecule has 0 spiro atoms. The average molecular weight is 298 g/mol. The van der Waals surface area contributed by atoms with Crippen LogP contribution in [0.4, 0.5) is 0 Å². The monoisotopic (exact) mass is 298 g/mol. The first-order chi connectivity index (χ1) is 9.59. The van der Waals surface area contributed by atoms with Crippen LogP contribution in [0.5, 0.6) is 0 Å². The second-order valence-electron chi connectivity index (χ2n) is 4.77. The second-order valence-corrected chi connectivity index (χ2v) is 5.71. The molecule has 1 saturated heterocycles. The van der Waals surface area contributed by atoms with Crippen molar-refractivity contribution in [2.75, 3.05) is 18.8 Å². The fourth-order valence-corrected chi connectivity index (χ4v) is 2.94. The molecule has 1 aliphatic heterocycles. The van der Waals surface area contributed by atoms with Gasteiger partial charge in [-0.15, -0.1) is 10.2 Å². The fourth-order valence-electron chi connectivity index (χ4n) is 2.22. The van der Waals surface area contributed by atoms with Crippen molar-refractivity contribution in [3.63, 3.8) is 0 Å². The summed E-state index contributed by atoms with van der Waals surface area (Å²) in [7, 11) is 0. The van der Waals surface area contributed by atoms with Crippen molar-refractivity contribution in [1.29, 1.82) is 0 Å². The first-order valence-electron chi connectivity index (χ1n) is 6.62. The van der Waals surface area contributed by atoms with E-state index in [1.54, 1.807) is 11.5 Å². The zero-order valence-electron chi connectivity index (χ0n) is 11.4. The first kappa shape index (κ1) is 14.8. The number of nitrogens with zero attached hydrogens (tertiary/aromatic N) is 4. The molecule has 20 heavy (non-hydrogen) atoms. The van der Waals surface area contributed by atoms with Crippen LogP contribution in [-0.2, 0) is 9.59 Å². The average Bonchev–Trinajstić information content (AvgIpc) is 2.93. The van der Waals surface area contributed by atoms with Gasteiger partial charge in [0.05, 0.1) is 5.75 Å². The van der Waals surface area contributed by atoms with Gasteiger partial charge >= 0.3 is 5.97 Å². The van der Waals surface area contributed by atoms with Gasteiger partial charge in [-0.2, -0.15) is 0 Å². The van der Waals surface area contributed by atoms with Crippen molar-refractivity contribution in [2.24, 2.45) is 0 Å². The van der Waals surface area contributed by atoms with Crippen LogP contribution in [0, 0.1) is 0 Å². The SMILES string of the molecule is CC(C(=O)N1CCCCC1)n1cnnc1SCC(=O)O. The highest BCUT2D eigenvalue weighted by Gasteiger charge is 2.25. The van der Waals surface area contributed by atoms with Gasteiger partial charge in [-0.05, 0) is 26.2 Å². The zero-order valence-corrected chi connectivity index (χ0v) is 12.2. The number of carbonyl (C=O) groups excluding carboxylic acids is 1. The number of piperidine rings is 1. The molecule has 0 saturated carbocycles. The summed E-state index contributed by atoms with van der Waals surface area (Å²) in [5.74, 6) is -0.968. The Balaban J connectivity index is 2.04. The Labute approximate surface area is 121 Å². The highest BCUT2D eigenvalue weighted by Crippen LogP contribution is 2.21. The number of likely N-dealkylation sites (tertiary alicyclic amines) is 1. The van der Waals surface area contributed by atoms with Gasteiger partial charge in [0.2, 0.25) is 5.91 Å². The largest absolute Gasteiger partial charge is 0.481 e. The summed E-state index contributed by atoms with van der Waals surface area (Å²) < 4.78 is 1.64. The predicted molar refractivity (Wildman–Crippen MR) is 73.5 cm³/mol. The molecule has 0 radical (unpaired) electrons. The van der Waals surface area contributed by atoms with Gasteiger partial charge < -0.3 is 10.0 Å². The lowest BCUT2D eigenvalue weighted by atomic mass is 10.1. The van der Waals surface area contributed by atoms with Gasteiger partial charge in [-0.1, -0.05) is 11.8 Å². The highest BCUT2D eigenvalue weighted by atomic mass is 32.2. The Bertz CT molecular complexity index is 485. The van der Waals surface area contributed by atoms with Gasteiger partial charge in [0.25, 0.3) is 0 Å². The number of thioether (sulfide) groups is 1. The molecule has 0 aromatic carbocycles. The lowest BCUT2D eigenvalue weighted by Gasteiger charge is -2.29. The van der Waals surface area contributed by atoms with E-state index in [2.05, 4.69) is 10.2 Å². The predicted octanol–water partition coefficient (Wildman–Crippen LogP) is 1.03. The third-order valence-corrected chi connectivity index (χ3v) is 4.25. The molecule has 8 heteroatoms. The normalized spacial score (nSPS) is 16.9. The van der Waals surface area contributed by atoms with Crippen molar-refractivity contribution in [3.05, 3.63) is 6.33 Å². The molecule has 110 valence electrons. The number of rotatable bonds is 5. The van der Waals surface area contributed by atoms with E-state index in [0.717, 1.165) is 37.7 Å². The Morgan fingerprint density at radius 1 is 1.40 bits per heavy atom. The quantitative estimate of drug-likeness (QED) is 0.817. The Morgan fingerprint density at radius 3 is 2.75 bits per heavy atom. The highest BCUT2D eigenvalue weighted by molar-refractivity contribution is 7.99. The maximum atomic E-state index is 12.4. The molecule has 1 aromatic heterocycles. The molecule has 2 rings (SSSR count). The Kier molecular flexibility index (Phi) is 4.99. The summed E-state index contributed by atoms with van der Waals surface area (Å²) in [4.78, 5) is 24.9. The molecule has 0 aliphatic carbocycles. The van der Waals surface area contributed by atoms with Gasteiger partial charge in [0, 0.05) is 13.1 Å². The molecule has 1 aromatic rings. The van der Waals surface area contributed by atoms with E-state index in [1.165, 1.54) is 12.7 Å². The van der Waals surface area contributed by atoms with Crippen molar-refractivity contribution >= 4 is 23.6 Å². The second kappa shape index (κ2) is 6.74. The fraction of sp³-hybridized carbons (Fsp3) is 0.667. The molecule has 1 amide bonds. The topological polar surface area (TPSA) is 88.3 Å². The molecule has 7 nitrogen and oxygen atoms in total. The Morgan fingerprint density at radius 2 is 2.10 bits per heavy atom. The molecule has 1 unspecified atom stereocenters. The number of amides is 1. The summed E-state index contributed by atoms with van der Waals surface area (Å²) in [5, 5.41) is 16.8. The van der Waals surface area contributed by atoms with E-state index in [4.69, 9.17) is 5.11 Å². The molecule has 0 bridgehead atoms. The number of aromatic nitrogens is 3. The van der Waals surface area contributed by atoms with E-state index in [9.17, 15) is 9.59 Å². The van der Waals surface area contributed by atoms with Gasteiger partial charge in [-0.25, -0.2) is 0 Å². The molecule has 1 aliphatic rings. The lowest BCUT2D eigenvalue weighted by molar-refractivity contribution is -0.135. The Hall–Kier alpha value is -1.57. The summed E-state index contributed by atoms with van der Waals surface area (Å²) in [6.07, 6.45) is 4.74. The van der Waals surface area contributed by atoms with Crippen LogP contribution in [0.15, 0.2) is 11.5 Å². The van der Waals surface area contributed by atoms with E-state index in [0.29, 0.717) is 5.16 Å². The van der Waals surface area contributed by atoms with Crippen LogP contribution in [-0.4, -0.2) is 55.5 Å². The molecule has 2 heterocycles. The zero-order chi connectivity index (χ0) is 14.5. The minimum atomic E-state index is -0.917. The van der Waals surface area contributed by atoms with Crippen LogP contribution >= 0.6 is 11.8 Å². The van der Waals surface area contributed by atoms with Crippen LogP contribution in [0.3, 0.4) is 0 Å². The summed E-state index contributed by atoms with van der Waals surface area (Å²) in [5.41, 5.74) is 0. The third kappa shape index (κ3) is 3.50. The standard InChI is InChI=1S/C12H18N4O3S/c1-9(11(19)15-5-3-2-4-6-15)16-8-13-14-12(16)20-7-10(17)18/h8-9H,2-7H2,1H3,(H,17,18). The molecule has 1 atom stereocenters. The van der Waals surface area contributed by atoms with E-state index >= 15 is 0 Å². The number of carbonyl (C=O) groups is 2. The smallest absolute Gasteiger partial charge is 0.313 e. The van der Waals surface area contributed by atoms with Crippen LogP contribution in [0.1, 0.15) is 32.2 Å². The lowest BCUT2D eigenvalue weighted by Crippen LogP contribution is -2.39. The molecular weight excluding hydrogens is 280 g/mol. The van der Waals surface area contributed by atoms with Gasteiger partial charge in [0.15, 0.2) is 5.16 Å². The van der Waals surface area contributed by atoms with E-state index < -0.39 is 12.0 Å². The number of hydrogen-bond acceptors (Lipinski definition) is 5. The van der Waals surface area contributed by atoms with E-state index in [1.807, 2.05) is 4.90 Å². The molecule has 1 N–H and O–H groups in total. The van der Waals surface area contributed by atoms with Gasteiger partial charge in [-0.3, -0.25) is 14.2 Å². The van der Waals surface area contributed by atoms with Crippen LogP contribution in [0.25, 0.3) is 0 Å². The number of aliphatic carboxylic acids is 1. The van der Waals surface area contributed by atoms with Crippen molar-refractivity contribution in [2.45, 2.75) is 37.4 Å². The maximum absolute atomic E-state index is 12.4. The van der Waals surface area contributed by atoms with Crippen molar-refractivity contribution < 1.29 is 14.7 Å². The minimum Gasteiger partial charge on any atom is -0.481 e. The van der Waals surface area contributed by atoms with Gasteiger partial charge in [0.1, 0.15) is 12.4 Å². The molecular formula is C12H18N4O3S. The summed E-state index contributed by atoms with van der Waals surface area (Å²) in [6, 6.07) is -0.403. The first-order valence-corrected chi connectivity index (χ1v) is 7.61.